The third kappa shape index (κ3) is 5.63. The fourth-order valence-electron chi connectivity index (χ4n) is 4.07. The molecule has 4 rings (SSSR count). The number of piperidine rings is 1. The minimum Gasteiger partial charge on any atom is -0.351 e. The van der Waals surface area contributed by atoms with E-state index in [1.165, 1.54) is 11.3 Å². The van der Waals surface area contributed by atoms with Crippen LogP contribution in [-0.4, -0.2) is 41.3 Å². The quantitative estimate of drug-likeness (QED) is 0.485. The third-order valence-electron chi connectivity index (χ3n) is 5.84. The number of carbonyl (C=O) groups excluding carboxylic acids is 2. The van der Waals surface area contributed by atoms with Crippen LogP contribution in [0.5, 0.6) is 0 Å². The van der Waals surface area contributed by atoms with Crippen LogP contribution in [0.2, 0.25) is 5.02 Å². The lowest BCUT2D eigenvalue weighted by molar-refractivity contribution is 0.0686. The summed E-state index contributed by atoms with van der Waals surface area (Å²) in [7, 11) is 0. The number of aromatic nitrogens is 1. The summed E-state index contributed by atoms with van der Waals surface area (Å²) < 4.78 is 1.04. The highest BCUT2D eigenvalue weighted by atomic mass is 35.5. The summed E-state index contributed by atoms with van der Waals surface area (Å²) in [5.74, 6) is 0.712. The molecule has 1 aliphatic rings. The minimum atomic E-state index is -0.00552. The molecule has 7 heteroatoms. The van der Waals surface area contributed by atoms with Gasteiger partial charge in [0.05, 0.1) is 9.58 Å². The Morgan fingerprint density at radius 2 is 2.00 bits per heavy atom. The Kier molecular flexibility index (Phi) is 7.20. The smallest absolute Gasteiger partial charge is 0.261 e. The molecule has 0 atom stereocenters. The van der Waals surface area contributed by atoms with Crippen molar-refractivity contribution in [2.75, 3.05) is 19.6 Å². The zero-order valence-electron chi connectivity index (χ0n) is 17.4. The predicted octanol–water partition coefficient (Wildman–Crippen LogP) is 5.40. The van der Waals surface area contributed by atoms with E-state index >= 15 is 0 Å². The van der Waals surface area contributed by atoms with Crippen LogP contribution in [0.1, 0.15) is 52.1 Å². The van der Waals surface area contributed by atoms with Crippen molar-refractivity contribution in [2.45, 2.75) is 32.1 Å². The third-order valence-corrected chi connectivity index (χ3v) is 7.16. The maximum atomic E-state index is 12.6. The predicted molar refractivity (Wildman–Crippen MR) is 126 cm³/mol. The number of benzene rings is 1. The summed E-state index contributed by atoms with van der Waals surface area (Å²) in [4.78, 5) is 31.7. The van der Waals surface area contributed by atoms with Crippen molar-refractivity contribution in [3.05, 3.63) is 64.3 Å². The number of unbranched alkanes of at least 4 members (excludes halogenated alkanes) is 1. The average molecular weight is 456 g/mol. The van der Waals surface area contributed by atoms with Gasteiger partial charge in [0.1, 0.15) is 0 Å². The van der Waals surface area contributed by atoms with Crippen molar-refractivity contribution in [2.24, 2.45) is 5.92 Å². The Labute approximate surface area is 191 Å². The van der Waals surface area contributed by atoms with Crippen LogP contribution in [0.15, 0.2) is 48.8 Å². The molecule has 1 aliphatic heterocycles. The summed E-state index contributed by atoms with van der Waals surface area (Å²) in [6.07, 6.45) is 8.81. The second-order valence-corrected chi connectivity index (χ2v) is 9.54. The van der Waals surface area contributed by atoms with Crippen LogP contribution in [0.4, 0.5) is 0 Å². The first kappa shape index (κ1) is 21.8. The van der Waals surface area contributed by atoms with Crippen molar-refractivity contribution in [1.82, 2.24) is 15.2 Å². The van der Waals surface area contributed by atoms with Gasteiger partial charge < -0.3 is 10.2 Å². The van der Waals surface area contributed by atoms with Gasteiger partial charge in [-0.1, -0.05) is 30.5 Å². The molecule has 3 heterocycles. The molecule has 0 radical (unpaired) electrons. The van der Waals surface area contributed by atoms with Gasteiger partial charge in [-0.2, -0.15) is 0 Å². The van der Waals surface area contributed by atoms with E-state index in [2.05, 4.69) is 10.3 Å². The molecule has 162 valence electrons. The Balaban J connectivity index is 1.14. The first-order valence-electron chi connectivity index (χ1n) is 10.8. The fraction of sp³-hybridized carbons (Fsp3) is 0.375. The topological polar surface area (TPSA) is 62.3 Å². The van der Waals surface area contributed by atoms with Crippen molar-refractivity contribution < 1.29 is 9.59 Å². The average Bonchev–Trinajstić information content (AvgIpc) is 3.23. The van der Waals surface area contributed by atoms with Gasteiger partial charge in [0.25, 0.3) is 11.8 Å². The lowest BCUT2D eigenvalue weighted by atomic mass is 9.91. The van der Waals surface area contributed by atoms with Gasteiger partial charge in [0.2, 0.25) is 0 Å². The first-order chi connectivity index (χ1) is 15.1. The number of nitrogens with one attached hydrogen (secondary N) is 1. The molecule has 0 spiro atoms. The van der Waals surface area contributed by atoms with Crippen LogP contribution >= 0.6 is 22.9 Å². The lowest BCUT2D eigenvalue weighted by Gasteiger charge is -2.32. The SMILES string of the molecule is O=C(NCCCCC1CCN(C(=O)c2cccc(Cl)c2)CC1)c1cc2ccncc2s1. The van der Waals surface area contributed by atoms with E-state index in [4.69, 9.17) is 11.6 Å². The van der Waals surface area contributed by atoms with E-state index < -0.39 is 0 Å². The highest BCUT2D eigenvalue weighted by molar-refractivity contribution is 7.20. The van der Waals surface area contributed by atoms with E-state index in [1.54, 1.807) is 24.5 Å². The second kappa shape index (κ2) is 10.2. The van der Waals surface area contributed by atoms with Gasteiger partial charge in [-0.05, 0) is 60.9 Å². The van der Waals surface area contributed by atoms with Gasteiger partial charge in [0, 0.05) is 42.6 Å². The van der Waals surface area contributed by atoms with Crippen LogP contribution in [-0.2, 0) is 0 Å². The van der Waals surface area contributed by atoms with E-state index in [0.29, 0.717) is 23.0 Å². The number of carbonyl (C=O) groups is 2. The molecule has 5 nitrogen and oxygen atoms in total. The normalized spacial score (nSPS) is 14.7. The maximum absolute atomic E-state index is 12.6. The Hall–Kier alpha value is -2.44. The number of amides is 2. The molecule has 1 saturated heterocycles. The number of nitrogens with zero attached hydrogens (tertiary/aromatic N) is 2. The Morgan fingerprint density at radius 3 is 2.77 bits per heavy atom. The summed E-state index contributed by atoms with van der Waals surface area (Å²) in [5, 5.41) is 4.68. The molecule has 0 saturated carbocycles. The highest BCUT2D eigenvalue weighted by Crippen LogP contribution is 2.25. The molecule has 0 unspecified atom stereocenters. The largest absolute Gasteiger partial charge is 0.351 e. The van der Waals surface area contributed by atoms with Crippen LogP contribution < -0.4 is 5.32 Å². The molecule has 0 aliphatic carbocycles. The molecule has 1 fully saturated rings. The number of likely N-dealkylation sites (tertiary alicyclic amines) is 1. The zero-order chi connectivity index (χ0) is 21.6. The van der Waals surface area contributed by atoms with Crippen molar-refractivity contribution >= 4 is 44.8 Å². The second-order valence-electron chi connectivity index (χ2n) is 8.02. The summed E-state index contributed by atoms with van der Waals surface area (Å²) in [5.41, 5.74) is 0.664. The molecule has 3 aromatic rings. The van der Waals surface area contributed by atoms with Gasteiger partial charge in [-0.15, -0.1) is 11.3 Å². The fourth-order valence-corrected chi connectivity index (χ4v) is 5.21. The minimum absolute atomic E-state index is 0.00552. The van der Waals surface area contributed by atoms with E-state index in [9.17, 15) is 9.59 Å². The van der Waals surface area contributed by atoms with E-state index in [-0.39, 0.29) is 11.8 Å². The van der Waals surface area contributed by atoms with Crippen molar-refractivity contribution in [1.29, 1.82) is 0 Å². The molecule has 31 heavy (non-hydrogen) atoms. The standard InChI is InChI=1S/C24H26ClN3O2S/c25-20-6-3-5-19(14-20)24(30)28-12-8-17(9-13-28)4-1-2-10-27-23(29)21-15-18-7-11-26-16-22(18)31-21/h3,5-7,11,14-17H,1-2,4,8-10,12-13H2,(H,27,29). The molecule has 0 bridgehead atoms. The zero-order valence-corrected chi connectivity index (χ0v) is 18.9. The van der Waals surface area contributed by atoms with Crippen LogP contribution in [0.25, 0.3) is 10.1 Å². The molecule has 2 aromatic heterocycles. The number of hydrogen-bond donors (Lipinski definition) is 1. The summed E-state index contributed by atoms with van der Waals surface area (Å²) >= 11 is 7.49. The summed E-state index contributed by atoms with van der Waals surface area (Å²) in [6, 6.07) is 11.0. The number of hydrogen-bond acceptors (Lipinski definition) is 4. The Morgan fingerprint density at radius 1 is 1.16 bits per heavy atom. The molecule has 1 N–H and O–H groups in total. The van der Waals surface area contributed by atoms with E-state index in [0.717, 1.165) is 60.2 Å². The number of halogens is 1. The Bertz CT molecular complexity index is 1030. The van der Waals surface area contributed by atoms with Crippen molar-refractivity contribution in [3.8, 4) is 0 Å². The van der Waals surface area contributed by atoms with Gasteiger partial charge in [-0.25, -0.2) is 0 Å². The maximum Gasteiger partial charge on any atom is 0.261 e. The number of pyridine rings is 1. The number of rotatable bonds is 7. The van der Waals surface area contributed by atoms with E-state index in [1.807, 2.05) is 29.2 Å². The molecule has 1 aromatic carbocycles. The van der Waals surface area contributed by atoms with Crippen molar-refractivity contribution in [3.63, 3.8) is 0 Å². The van der Waals surface area contributed by atoms with Crippen LogP contribution in [0, 0.1) is 5.92 Å². The van der Waals surface area contributed by atoms with Gasteiger partial charge >= 0.3 is 0 Å². The monoisotopic (exact) mass is 455 g/mol. The molecular weight excluding hydrogens is 430 g/mol. The summed E-state index contributed by atoms with van der Waals surface area (Å²) in [6.45, 7) is 2.29. The van der Waals surface area contributed by atoms with Gasteiger partial charge in [-0.3, -0.25) is 14.6 Å². The van der Waals surface area contributed by atoms with Gasteiger partial charge in [0.15, 0.2) is 0 Å². The first-order valence-corrected chi connectivity index (χ1v) is 12.0. The number of thiophene rings is 1. The molecule has 2 amide bonds. The molecular formula is C24H26ClN3O2S. The number of fused-ring (bicyclic) bond motifs is 1. The lowest BCUT2D eigenvalue weighted by Crippen LogP contribution is -2.38. The van der Waals surface area contributed by atoms with Crippen LogP contribution in [0.3, 0.4) is 0 Å². The highest BCUT2D eigenvalue weighted by Gasteiger charge is 2.23.